The van der Waals surface area contributed by atoms with Crippen LogP contribution in [-0.4, -0.2) is 44.8 Å². The molecule has 1 unspecified atom stereocenters. The van der Waals surface area contributed by atoms with Crippen LogP contribution in [-0.2, 0) is 9.53 Å². The van der Waals surface area contributed by atoms with E-state index in [1.807, 2.05) is 18.2 Å². The fraction of sp³-hybridized carbons (Fsp3) is 0.467. The SMILES string of the molecule is COCC1(C(=O)Nc2nc3ccc(OC)cc3s2)CCNC1. The molecule has 118 valence electrons. The van der Waals surface area contributed by atoms with E-state index in [1.165, 1.54) is 11.3 Å². The van der Waals surface area contributed by atoms with Gasteiger partial charge >= 0.3 is 0 Å². The van der Waals surface area contributed by atoms with Crippen molar-refractivity contribution in [1.29, 1.82) is 0 Å². The van der Waals surface area contributed by atoms with E-state index in [9.17, 15) is 4.79 Å². The molecule has 7 heteroatoms. The molecule has 1 aromatic heterocycles. The molecule has 2 heterocycles. The number of nitrogens with one attached hydrogen (secondary N) is 2. The van der Waals surface area contributed by atoms with Gasteiger partial charge < -0.3 is 20.1 Å². The van der Waals surface area contributed by atoms with Crippen molar-refractivity contribution < 1.29 is 14.3 Å². The number of rotatable bonds is 5. The van der Waals surface area contributed by atoms with Crippen LogP contribution >= 0.6 is 11.3 Å². The summed E-state index contributed by atoms with van der Waals surface area (Å²) >= 11 is 1.45. The van der Waals surface area contributed by atoms with Crippen molar-refractivity contribution >= 4 is 32.6 Å². The number of ether oxygens (including phenoxy) is 2. The van der Waals surface area contributed by atoms with Crippen LogP contribution in [0.1, 0.15) is 6.42 Å². The molecule has 0 bridgehead atoms. The van der Waals surface area contributed by atoms with Crippen molar-refractivity contribution in [2.75, 3.05) is 39.2 Å². The van der Waals surface area contributed by atoms with Crippen molar-refractivity contribution in [3.05, 3.63) is 18.2 Å². The topological polar surface area (TPSA) is 72.5 Å². The Bertz CT molecular complexity index is 680. The average Bonchev–Trinajstić information content (AvgIpc) is 3.13. The zero-order chi connectivity index (χ0) is 15.6. The number of anilines is 1. The predicted molar refractivity (Wildman–Crippen MR) is 86.6 cm³/mol. The summed E-state index contributed by atoms with van der Waals surface area (Å²) in [5.74, 6) is 0.746. The minimum Gasteiger partial charge on any atom is -0.497 e. The normalized spacial score (nSPS) is 21.2. The van der Waals surface area contributed by atoms with Gasteiger partial charge in [-0.15, -0.1) is 0 Å². The first-order valence-corrected chi connectivity index (χ1v) is 7.94. The zero-order valence-electron chi connectivity index (χ0n) is 12.6. The summed E-state index contributed by atoms with van der Waals surface area (Å²) in [6, 6.07) is 5.67. The van der Waals surface area contributed by atoms with Crippen LogP contribution in [0, 0.1) is 5.41 Å². The van der Waals surface area contributed by atoms with Gasteiger partial charge in [0, 0.05) is 13.7 Å². The maximum Gasteiger partial charge on any atom is 0.236 e. The molecule has 1 amide bonds. The maximum atomic E-state index is 12.6. The number of fused-ring (bicyclic) bond motifs is 1. The standard InChI is InChI=1S/C15H19N3O3S/c1-20-9-15(5-6-16-8-15)13(19)18-14-17-11-4-3-10(21-2)7-12(11)22-14/h3-4,7,16H,5-6,8-9H2,1-2H3,(H,17,18,19). The Morgan fingerprint density at radius 1 is 1.50 bits per heavy atom. The van der Waals surface area contributed by atoms with Crippen LogP contribution < -0.4 is 15.4 Å². The quantitative estimate of drug-likeness (QED) is 0.879. The Hall–Kier alpha value is -1.70. The van der Waals surface area contributed by atoms with E-state index in [1.54, 1.807) is 14.2 Å². The number of aromatic nitrogens is 1. The Morgan fingerprint density at radius 2 is 2.36 bits per heavy atom. The summed E-state index contributed by atoms with van der Waals surface area (Å²) in [6.07, 6.45) is 0.769. The van der Waals surface area contributed by atoms with Crippen molar-refractivity contribution in [2.24, 2.45) is 5.41 Å². The summed E-state index contributed by atoms with van der Waals surface area (Å²) in [7, 11) is 3.25. The minimum absolute atomic E-state index is 0.0367. The van der Waals surface area contributed by atoms with Gasteiger partial charge in [0.15, 0.2) is 5.13 Å². The van der Waals surface area contributed by atoms with Crippen LogP contribution in [0.4, 0.5) is 5.13 Å². The van der Waals surface area contributed by atoms with Gasteiger partial charge in [-0.05, 0) is 31.2 Å². The highest BCUT2D eigenvalue weighted by Crippen LogP contribution is 2.32. The molecule has 1 aliphatic rings. The molecule has 2 aromatic rings. The third-order valence-corrected chi connectivity index (χ3v) is 4.90. The smallest absolute Gasteiger partial charge is 0.236 e. The van der Waals surface area contributed by atoms with Gasteiger partial charge in [-0.3, -0.25) is 4.79 Å². The molecule has 6 nitrogen and oxygen atoms in total. The third kappa shape index (κ3) is 2.79. The largest absolute Gasteiger partial charge is 0.497 e. The van der Waals surface area contributed by atoms with Gasteiger partial charge in [0.1, 0.15) is 5.75 Å². The number of benzene rings is 1. The lowest BCUT2D eigenvalue weighted by atomic mass is 9.87. The van der Waals surface area contributed by atoms with E-state index >= 15 is 0 Å². The second kappa shape index (κ2) is 6.20. The van der Waals surface area contributed by atoms with E-state index in [4.69, 9.17) is 9.47 Å². The summed E-state index contributed by atoms with van der Waals surface area (Å²) in [6.45, 7) is 1.86. The first-order chi connectivity index (χ1) is 10.7. The van der Waals surface area contributed by atoms with Crippen molar-refractivity contribution in [1.82, 2.24) is 10.3 Å². The van der Waals surface area contributed by atoms with Gasteiger partial charge in [0.05, 0.1) is 29.3 Å². The number of amides is 1. The van der Waals surface area contributed by atoms with Gasteiger partial charge in [0.2, 0.25) is 5.91 Å². The Labute approximate surface area is 132 Å². The highest BCUT2D eigenvalue weighted by Gasteiger charge is 2.41. The average molecular weight is 321 g/mol. The van der Waals surface area contributed by atoms with Crippen molar-refractivity contribution in [3.8, 4) is 5.75 Å². The molecule has 1 aromatic carbocycles. The number of carbonyl (C=O) groups is 1. The molecule has 1 atom stereocenters. The number of nitrogens with zero attached hydrogens (tertiary/aromatic N) is 1. The third-order valence-electron chi connectivity index (χ3n) is 3.96. The molecule has 0 spiro atoms. The molecule has 2 N–H and O–H groups in total. The highest BCUT2D eigenvalue weighted by molar-refractivity contribution is 7.22. The highest BCUT2D eigenvalue weighted by atomic mass is 32.1. The maximum absolute atomic E-state index is 12.6. The number of carbonyl (C=O) groups excluding carboxylic acids is 1. The van der Waals surface area contributed by atoms with Gasteiger partial charge in [-0.25, -0.2) is 4.98 Å². The Kier molecular flexibility index (Phi) is 4.28. The zero-order valence-corrected chi connectivity index (χ0v) is 13.5. The van der Waals surface area contributed by atoms with Crippen molar-refractivity contribution in [3.63, 3.8) is 0 Å². The van der Waals surface area contributed by atoms with Crippen LogP contribution in [0.5, 0.6) is 5.75 Å². The molecule has 0 aliphatic carbocycles. The number of methoxy groups -OCH3 is 2. The Balaban J connectivity index is 1.81. The van der Waals surface area contributed by atoms with Crippen LogP contribution in [0.25, 0.3) is 10.2 Å². The second-order valence-electron chi connectivity index (χ2n) is 5.45. The fourth-order valence-electron chi connectivity index (χ4n) is 2.72. The molecule has 3 rings (SSSR count). The van der Waals surface area contributed by atoms with Crippen LogP contribution in [0.3, 0.4) is 0 Å². The summed E-state index contributed by atoms with van der Waals surface area (Å²) < 4.78 is 11.4. The minimum atomic E-state index is -0.510. The summed E-state index contributed by atoms with van der Waals surface area (Å²) in [5.41, 5.74) is 0.344. The van der Waals surface area contributed by atoms with Gasteiger partial charge in [-0.1, -0.05) is 11.3 Å². The molecular formula is C15H19N3O3S. The van der Waals surface area contributed by atoms with Crippen LogP contribution in [0.15, 0.2) is 18.2 Å². The van der Waals surface area contributed by atoms with E-state index in [0.717, 1.165) is 28.9 Å². The number of hydrogen-bond donors (Lipinski definition) is 2. The second-order valence-corrected chi connectivity index (χ2v) is 6.48. The summed E-state index contributed by atoms with van der Waals surface area (Å²) in [4.78, 5) is 17.1. The number of hydrogen-bond acceptors (Lipinski definition) is 6. The molecule has 1 fully saturated rings. The van der Waals surface area contributed by atoms with E-state index in [2.05, 4.69) is 15.6 Å². The fourth-order valence-corrected chi connectivity index (χ4v) is 3.61. The van der Waals surface area contributed by atoms with E-state index < -0.39 is 5.41 Å². The molecule has 0 saturated carbocycles. The Morgan fingerprint density at radius 3 is 3.05 bits per heavy atom. The molecule has 0 radical (unpaired) electrons. The van der Waals surface area contributed by atoms with Gasteiger partial charge in [0.25, 0.3) is 0 Å². The molecular weight excluding hydrogens is 302 g/mol. The lowest BCUT2D eigenvalue weighted by Gasteiger charge is -2.25. The van der Waals surface area contributed by atoms with Gasteiger partial charge in [-0.2, -0.15) is 0 Å². The molecule has 1 aliphatic heterocycles. The molecule has 1 saturated heterocycles. The van der Waals surface area contributed by atoms with E-state index in [0.29, 0.717) is 18.3 Å². The lowest BCUT2D eigenvalue weighted by Crippen LogP contribution is -2.41. The predicted octanol–water partition coefficient (Wildman–Crippen LogP) is 1.87. The number of thiazole rings is 1. The lowest BCUT2D eigenvalue weighted by molar-refractivity contribution is -0.127. The van der Waals surface area contributed by atoms with Crippen LogP contribution in [0.2, 0.25) is 0 Å². The van der Waals surface area contributed by atoms with E-state index in [-0.39, 0.29) is 5.91 Å². The summed E-state index contributed by atoms with van der Waals surface area (Å²) in [5, 5.41) is 6.78. The first kappa shape index (κ1) is 15.2. The monoisotopic (exact) mass is 321 g/mol. The molecule has 22 heavy (non-hydrogen) atoms. The van der Waals surface area contributed by atoms with Crippen molar-refractivity contribution in [2.45, 2.75) is 6.42 Å². The first-order valence-electron chi connectivity index (χ1n) is 7.12.